The van der Waals surface area contributed by atoms with E-state index in [0.717, 1.165) is 0 Å². The fraction of sp³-hybridized carbons (Fsp3) is 0.714. The first-order valence-electron chi connectivity index (χ1n) is 4.33. The molecule has 1 heterocycles. The highest BCUT2D eigenvalue weighted by Gasteiger charge is 2.12. The number of hydrogen-bond donors (Lipinski definition) is 1. The first kappa shape index (κ1) is 10.4. The van der Waals surface area contributed by atoms with Crippen molar-refractivity contribution in [2.24, 2.45) is 5.16 Å². The van der Waals surface area contributed by atoms with Gasteiger partial charge >= 0.3 is 5.69 Å². The zero-order valence-corrected chi connectivity index (χ0v) is 8.39. The zero-order chi connectivity index (χ0) is 10.6. The number of oxime groups is 1. The highest BCUT2D eigenvalue weighted by Crippen LogP contribution is 2.02. The van der Waals surface area contributed by atoms with E-state index in [1.165, 1.54) is 4.68 Å². The summed E-state index contributed by atoms with van der Waals surface area (Å²) in [6, 6.07) is -0.257. The van der Waals surface area contributed by atoms with Gasteiger partial charge in [0.2, 0.25) is 0 Å². The molecule has 0 saturated carbocycles. The van der Waals surface area contributed by atoms with Crippen LogP contribution in [0.25, 0.3) is 0 Å². The second-order valence-electron chi connectivity index (χ2n) is 2.78. The fourth-order valence-corrected chi connectivity index (χ4v) is 0.878. The summed E-state index contributed by atoms with van der Waals surface area (Å²) in [5, 5.41) is 13.0. The SMILES string of the molecule is CCON=C(C)C(C)n1nn[nH]c1=O. The highest BCUT2D eigenvalue weighted by atomic mass is 16.6. The molecule has 1 unspecified atom stereocenters. The molecule has 0 spiro atoms. The van der Waals surface area contributed by atoms with E-state index in [1.807, 2.05) is 6.92 Å². The molecule has 7 nitrogen and oxygen atoms in total. The van der Waals surface area contributed by atoms with Gasteiger partial charge in [-0.15, -0.1) is 0 Å². The van der Waals surface area contributed by atoms with Crippen molar-refractivity contribution < 1.29 is 4.84 Å². The molecule has 78 valence electrons. The third-order valence-electron chi connectivity index (χ3n) is 1.80. The third kappa shape index (κ3) is 2.18. The molecule has 1 atom stereocenters. The van der Waals surface area contributed by atoms with Crippen molar-refractivity contribution in [2.75, 3.05) is 6.61 Å². The lowest BCUT2D eigenvalue weighted by atomic mass is 10.2. The van der Waals surface area contributed by atoms with Gasteiger partial charge in [-0.2, -0.15) is 4.68 Å². The standard InChI is InChI=1S/C7H13N5O2/c1-4-14-9-5(2)6(3)12-7(13)8-10-11-12/h6H,4H2,1-3H3,(H,8,11,13). The number of H-pyrrole nitrogens is 1. The summed E-state index contributed by atoms with van der Waals surface area (Å²) in [6.07, 6.45) is 0. The van der Waals surface area contributed by atoms with E-state index in [0.29, 0.717) is 12.3 Å². The van der Waals surface area contributed by atoms with E-state index >= 15 is 0 Å². The Labute approximate surface area is 80.7 Å². The number of aromatic amines is 1. The smallest absolute Gasteiger partial charge is 0.361 e. The number of tetrazole rings is 1. The Kier molecular flexibility index (Phi) is 3.38. The molecule has 0 bridgehead atoms. The van der Waals surface area contributed by atoms with Crippen molar-refractivity contribution in [3.05, 3.63) is 10.5 Å². The maximum atomic E-state index is 11.1. The predicted octanol–water partition coefficient (Wildman–Crippen LogP) is -0.0602. The number of aromatic nitrogens is 4. The number of nitrogens with zero attached hydrogens (tertiary/aromatic N) is 4. The van der Waals surface area contributed by atoms with E-state index in [-0.39, 0.29) is 11.7 Å². The third-order valence-corrected chi connectivity index (χ3v) is 1.80. The van der Waals surface area contributed by atoms with Gasteiger partial charge in [-0.25, -0.2) is 9.89 Å². The Morgan fingerprint density at radius 3 is 3.00 bits per heavy atom. The minimum absolute atomic E-state index is 0.257. The Bertz CT molecular complexity index is 366. The highest BCUT2D eigenvalue weighted by molar-refractivity contribution is 5.84. The number of rotatable bonds is 4. The van der Waals surface area contributed by atoms with Crippen LogP contribution in [0.15, 0.2) is 9.95 Å². The monoisotopic (exact) mass is 199 g/mol. The molecule has 1 aromatic heterocycles. The van der Waals surface area contributed by atoms with Gasteiger partial charge in [0.05, 0.1) is 11.8 Å². The molecule has 7 heteroatoms. The van der Waals surface area contributed by atoms with Gasteiger partial charge in [0, 0.05) is 0 Å². The van der Waals surface area contributed by atoms with Crippen molar-refractivity contribution >= 4 is 5.71 Å². The maximum Gasteiger partial charge on any atom is 0.361 e. The van der Waals surface area contributed by atoms with Gasteiger partial charge in [0.15, 0.2) is 0 Å². The number of hydrogen-bond acceptors (Lipinski definition) is 5. The van der Waals surface area contributed by atoms with Crippen LogP contribution in [0, 0.1) is 0 Å². The van der Waals surface area contributed by atoms with Crippen molar-refractivity contribution in [2.45, 2.75) is 26.8 Å². The molecule has 1 rings (SSSR count). The van der Waals surface area contributed by atoms with Gasteiger partial charge in [0.25, 0.3) is 0 Å². The average molecular weight is 199 g/mol. The van der Waals surface area contributed by atoms with Crippen LogP contribution in [0.5, 0.6) is 0 Å². The van der Waals surface area contributed by atoms with Crippen molar-refractivity contribution in [1.82, 2.24) is 20.2 Å². The minimum atomic E-state index is -0.358. The first-order valence-corrected chi connectivity index (χ1v) is 4.33. The molecule has 0 aliphatic rings. The normalized spacial score (nSPS) is 14.1. The van der Waals surface area contributed by atoms with Crippen molar-refractivity contribution in [3.8, 4) is 0 Å². The van der Waals surface area contributed by atoms with Crippen molar-refractivity contribution in [1.29, 1.82) is 0 Å². The van der Waals surface area contributed by atoms with Crippen molar-refractivity contribution in [3.63, 3.8) is 0 Å². The van der Waals surface area contributed by atoms with Crippen LogP contribution in [0.3, 0.4) is 0 Å². The average Bonchev–Trinajstić information content (AvgIpc) is 2.59. The molecule has 14 heavy (non-hydrogen) atoms. The van der Waals surface area contributed by atoms with Gasteiger partial charge in [0.1, 0.15) is 6.61 Å². The second kappa shape index (κ2) is 4.54. The van der Waals surface area contributed by atoms with Crippen LogP contribution in [-0.2, 0) is 4.84 Å². The Morgan fingerprint density at radius 2 is 2.50 bits per heavy atom. The van der Waals surface area contributed by atoms with Crippen LogP contribution >= 0.6 is 0 Å². The molecule has 1 aromatic rings. The molecule has 1 N–H and O–H groups in total. The lowest BCUT2D eigenvalue weighted by Gasteiger charge is -2.08. The fourth-order valence-electron chi connectivity index (χ4n) is 0.878. The van der Waals surface area contributed by atoms with Gasteiger partial charge in [-0.1, -0.05) is 5.16 Å². The summed E-state index contributed by atoms with van der Waals surface area (Å²) < 4.78 is 1.21. The molecule has 0 fully saturated rings. The summed E-state index contributed by atoms with van der Waals surface area (Å²) in [7, 11) is 0. The van der Waals surface area contributed by atoms with E-state index < -0.39 is 0 Å². The maximum absolute atomic E-state index is 11.1. The van der Waals surface area contributed by atoms with E-state index in [2.05, 4.69) is 20.7 Å². The molecular weight excluding hydrogens is 186 g/mol. The molecule has 0 saturated heterocycles. The largest absolute Gasteiger partial charge is 0.396 e. The van der Waals surface area contributed by atoms with Crippen LogP contribution < -0.4 is 5.69 Å². The predicted molar refractivity (Wildman–Crippen MR) is 50.1 cm³/mol. The molecule has 0 amide bonds. The molecule has 0 radical (unpaired) electrons. The Balaban J connectivity index is 2.80. The Morgan fingerprint density at radius 1 is 1.79 bits per heavy atom. The molecule has 0 aliphatic carbocycles. The summed E-state index contributed by atoms with van der Waals surface area (Å²) in [4.78, 5) is 16.0. The summed E-state index contributed by atoms with van der Waals surface area (Å²) in [5.41, 5.74) is 0.311. The summed E-state index contributed by atoms with van der Waals surface area (Å²) in [5.74, 6) is 0. The second-order valence-corrected chi connectivity index (χ2v) is 2.78. The molecular formula is C7H13N5O2. The number of nitrogens with one attached hydrogen (secondary N) is 1. The van der Waals surface area contributed by atoms with Crippen LogP contribution in [0.2, 0.25) is 0 Å². The van der Waals surface area contributed by atoms with Gasteiger partial charge in [-0.05, 0) is 31.2 Å². The molecule has 0 aliphatic heterocycles. The first-order chi connectivity index (χ1) is 6.66. The topological polar surface area (TPSA) is 85.2 Å². The van der Waals surface area contributed by atoms with Crippen LogP contribution in [0.1, 0.15) is 26.8 Å². The van der Waals surface area contributed by atoms with Crippen LogP contribution in [0.4, 0.5) is 0 Å². The zero-order valence-electron chi connectivity index (χ0n) is 8.39. The Hall–Kier alpha value is -1.66. The minimum Gasteiger partial charge on any atom is -0.396 e. The lowest BCUT2D eigenvalue weighted by Crippen LogP contribution is -2.26. The van der Waals surface area contributed by atoms with Crippen LogP contribution in [-0.4, -0.2) is 32.5 Å². The molecule has 0 aromatic carbocycles. The van der Waals surface area contributed by atoms with E-state index in [4.69, 9.17) is 4.84 Å². The van der Waals surface area contributed by atoms with E-state index in [1.54, 1.807) is 13.8 Å². The summed E-state index contributed by atoms with van der Waals surface area (Å²) in [6.45, 7) is 5.89. The summed E-state index contributed by atoms with van der Waals surface area (Å²) >= 11 is 0. The quantitative estimate of drug-likeness (QED) is 0.543. The lowest BCUT2D eigenvalue weighted by molar-refractivity contribution is 0.157. The van der Waals surface area contributed by atoms with Gasteiger partial charge < -0.3 is 4.84 Å². The van der Waals surface area contributed by atoms with E-state index in [9.17, 15) is 4.79 Å². The van der Waals surface area contributed by atoms with Gasteiger partial charge in [-0.3, -0.25) is 0 Å².